The number of hydrogen-bond donors (Lipinski definition) is 1. The largest absolute Gasteiger partial charge is 0.384 e. The zero-order valence-electron chi connectivity index (χ0n) is 9.37. The van der Waals surface area contributed by atoms with Crippen molar-refractivity contribution in [2.75, 3.05) is 13.6 Å². The molecule has 0 spiro atoms. The molecule has 2 unspecified atom stereocenters. The molecule has 16 heavy (non-hydrogen) atoms. The number of benzene rings is 1. The molecule has 2 atom stereocenters. The third kappa shape index (κ3) is 1.95. The molecule has 2 rings (SSSR count). The van der Waals surface area contributed by atoms with Crippen molar-refractivity contribution in [2.45, 2.75) is 25.0 Å². The molecule has 1 N–H and O–H groups in total. The number of rotatable bonds is 1. The molecule has 1 aromatic rings. The van der Waals surface area contributed by atoms with Gasteiger partial charge in [0.05, 0.1) is 0 Å². The molecular weight excluding hydrogens is 229 g/mol. The van der Waals surface area contributed by atoms with Crippen molar-refractivity contribution >= 4 is 11.6 Å². The smallest absolute Gasteiger partial charge is 0.130 e. The predicted molar refractivity (Wildman–Crippen MR) is 62.0 cm³/mol. The Labute approximate surface area is 99.6 Å². The van der Waals surface area contributed by atoms with Gasteiger partial charge in [0.2, 0.25) is 0 Å². The number of aliphatic hydroxyl groups is 1. The second kappa shape index (κ2) is 3.99. The molecule has 88 valence electrons. The summed E-state index contributed by atoms with van der Waals surface area (Å²) in [5.74, 6) is -0.433. The van der Waals surface area contributed by atoms with Gasteiger partial charge in [0, 0.05) is 23.2 Å². The Kier molecular flexibility index (Phi) is 2.95. The van der Waals surface area contributed by atoms with Crippen molar-refractivity contribution in [2.24, 2.45) is 0 Å². The summed E-state index contributed by atoms with van der Waals surface area (Å²) in [4.78, 5) is 2.02. The third-order valence-corrected chi connectivity index (χ3v) is 3.56. The van der Waals surface area contributed by atoms with E-state index in [0.29, 0.717) is 23.6 Å². The van der Waals surface area contributed by atoms with Gasteiger partial charge in [0.15, 0.2) is 0 Å². The highest BCUT2D eigenvalue weighted by atomic mass is 35.5. The minimum absolute atomic E-state index is 0.250. The Balaban J connectivity index is 2.37. The van der Waals surface area contributed by atoms with Crippen LogP contribution in [-0.4, -0.2) is 29.6 Å². The number of halogens is 2. The second-order valence-electron chi connectivity index (χ2n) is 4.62. The van der Waals surface area contributed by atoms with E-state index < -0.39 is 11.4 Å². The highest BCUT2D eigenvalue weighted by Crippen LogP contribution is 2.36. The van der Waals surface area contributed by atoms with Gasteiger partial charge < -0.3 is 10.0 Å². The van der Waals surface area contributed by atoms with Crippen LogP contribution in [0.5, 0.6) is 0 Å². The molecule has 1 fully saturated rings. The van der Waals surface area contributed by atoms with Gasteiger partial charge in [-0.1, -0.05) is 17.7 Å². The summed E-state index contributed by atoms with van der Waals surface area (Å²) in [6.45, 7) is 2.47. The Morgan fingerprint density at radius 2 is 2.25 bits per heavy atom. The average molecular weight is 244 g/mol. The molecule has 0 amide bonds. The van der Waals surface area contributed by atoms with Gasteiger partial charge in [0.1, 0.15) is 11.4 Å². The van der Waals surface area contributed by atoms with Gasteiger partial charge in [-0.2, -0.15) is 0 Å². The van der Waals surface area contributed by atoms with Crippen molar-refractivity contribution in [3.63, 3.8) is 0 Å². The SMILES string of the molecule is CC1CC(O)(c2ccc(Cl)cc2F)CN1C. The summed E-state index contributed by atoms with van der Waals surface area (Å²) < 4.78 is 13.7. The lowest BCUT2D eigenvalue weighted by Gasteiger charge is -2.23. The lowest BCUT2D eigenvalue weighted by molar-refractivity contribution is 0.0449. The van der Waals surface area contributed by atoms with Gasteiger partial charge >= 0.3 is 0 Å². The fourth-order valence-corrected chi connectivity index (χ4v) is 2.50. The molecule has 1 heterocycles. The van der Waals surface area contributed by atoms with Crippen LogP contribution in [0.2, 0.25) is 5.02 Å². The molecule has 0 aliphatic carbocycles. The minimum atomic E-state index is -1.09. The van der Waals surface area contributed by atoms with Crippen molar-refractivity contribution in [1.29, 1.82) is 0 Å². The van der Waals surface area contributed by atoms with Gasteiger partial charge in [-0.05, 0) is 32.5 Å². The molecule has 4 heteroatoms. The maximum Gasteiger partial charge on any atom is 0.130 e. The lowest BCUT2D eigenvalue weighted by atomic mass is 9.91. The Morgan fingerprint density at radius 1 is 1.56 bits per heavy atom. The molecule has 2 nitrogen and oxygen atoms in total. The van der Waals surface area contributed by atoms with Crippen LogP contribution in [0.3, 0.4) is 0 Å². The third-order valence-electron chi connectivity index (χ3n) is 3.33. The van der Waals surface area contributed by atoms with E-state index in [-0.39, 0.29) is 6.04 Å². The van der Waals surface area contributed by atoms with Crippen LogP contribution in [0.25, 0.3) is 0 Å². The summed E-state index contributed by atoms with van der Waals surface area (Å²) >= 11 is 5.69. The van der Waals surface area contributed by atoms with E-state index in [0.717, 1.165) is 0 Å². The van der Waals surface area contributed by atoms with Crippen molar-refractivity contribution < 1.29 is 9.50 Å². The second-order valence-corrected chi connectivity index (χ2v) is 5.06. The molecular formula is C12H15ClFNO. The normalized spacial score (nSPS) is 30.9. The predicted octanol–water partition coefficient (Wildman–Crippen LogP) is 2.39. The number of likely N-dealkylation sites (N-methyl/N-ethyl adjacent to an activating group) is 1. The van der Waals surface area contributed by atoms with Crippen molar-refractivity contribution in [3.05, 3.63) is 34.6 Å². The van der Waals surface area contributed by atoms with Crippen LogP contribution in [0, 0.1) is 5.82 Å². The number of β-amino-alcohol motifs (C(OH)–C–C–N with tert-alkyl or cyclic N) is 1. The highest BCUT2D eigenvalue weighted by Gasteiger charge is 2.41. The Hall–Kier alpha value is -0.640. The highest BCUT2D eigenvalue weighted by molar-refractivity contribution is 6.30. The molecule has 1 aliphatic heterocycles. The first-order valence-corrected chi connectivity index (χ1v) is 5.68. The summed E-state index contributed by atoms with van der Waals surface area (Å²) in [7, 11) is 1.93. The Bertz CT molecular complexity index is 400. The maximum atomic E-state index is 13.7. The zero-order valence-corrected chi connectivity index (χ0v) is 10.1. The first kappa shape index (κ1) is 11.8. The lowest BCUT2D eigenvalue weighted by Crippen LogP contribution is -2.30. The van der Waals surface area contributed by atoms with Gasteiger partial charge in [-0.25, -0.2) is 4.39 Å². The van der Waals surface area contributed by atoms with E-state index in [1.807, 2.05) is 18.9 Å². The molecule has 0 aromatic heterocycles. The van der Waals surface area contributed by atoms with E-state index in [4.69, 9.17) is 11.6 Å². The maximum absolute atomic E-state index is 13.7. The molecule has 0 radical (unpaired) electrons. The summed E-state index contributed by atoms with van der Waals surface area (Å²) in [6, 6.07) is 4.68. The van der Waals surface area contributed by atoms with E-state index >= 15 is 0 Å². The number of hydrogen-bond acceptors (Lipinski definition) is 2. The fourth-order valence-electron chi connectivity index (χ4n) is 2.34. The molecule has 1 aliphatic rings. The number of likely N-dealkylation sites (tertiary alicyclic amines) is 1. The van der Waals surface area contributed by atoms with Crippen LogP contribution >= 0.6 is 11.6 Å². The minimum Gasteiger partial charge on any atom is -0.384 e. The van der Waals surface area contributed by atoms with E-state index in [1.54, 1.807) is 12.1 Å². The van der Waals surface area contributed by atoms with Gasteiger partial charge in [0.25, 0.3) is 0 Å². The van der Waals surface area contributed by atoms with Crippen LogP contribution < -0.4 is 0 Å². The monoisotopic (exact) mass is 243 g/mol. The van der Waals surface area contributed by atoms with Crippen molar-refractivity contribution in [3.8, 4) is 0 Å². The zero-order chi connectivity index (χ0) is 11.9. The topological polar surface area (TPSA) is 23.5 Å². The Morgan fingerprint density at radius 3 is 2.75 bits per heavy atom. The summed E-state index contributed by atoms with van der Waals surface area (Å²) in [5.41, 5.74) is -0.754. The first-order chi connectivity index (χ1) is 7.42. The molecule has 0 saturated carbocycles. The summed E-state index contributed by atoms with van der Waals surface area (Å²) in [6.07, 6.45) is 0.544. The standard InChI is InChI=1S/C12H15ClFNO/c1-8-6-12(16,7-15(8)2)10-4-3-9(13)5-11(10)14/h3-5,8,16H,6-7H2,1-2H3. The quantitative estimate of drug-likeness (QED) is 0.819. The molecule has 0 bridgehead atoms. The average Bonchev–Trinajstić information content (AvgIpc) is 2.41. The molecule has 1 aromatic carbocycles. The number of nitrogens with zero attached hydrogens (tertiary/aromatic N) is 1. The van der Waals surface area contributed by atoms with Gasteiger partial charge in [-0.3, -0.25) is 0 Å². The van der Waals surface area contributed by atoms with E-state index in [1.165, 1.54) is 6.07 Å². The first-order valence-electron chi connectivity index (χ1n) is 5.30. The van der Waals surface area contributed by atoms with Crippen LogP contribution in [0.15, 0.2) is 18.2 Å². The fraction of sp³-hybridized carbons (Fsp3) is 0.500. The van der Waals surface area contributed by atoms with Gasteiger partial charge in [-0.15, -0.1) is 0 Å². The van der Waals surface area contributed by atoms with E-state index in [9.17, 15) is 9.50 Å². The van der Waals surface area contributed by atoms with Crippen molar-refractivity contribution in [1.82, 2.24) is 4.90 Å². The van der Waals surface area contributed by atoms with Crippen LogP contribution in [-0.2, 0) is 5.60 Å². The van der Waals surface area contributed by atoms with Crippen LogP contribution in [0.4, 0.5) is 4.39 Å². The van der Waals surface area contributed by atoms with Crippen LogP contribution in [0.1, 0.15) is 18.9 Å². The van der Waals surface area contributed by atoms with E-state index in [2.05, 4.69) is 0 Å². The molecule has 1 saturated heterocycles. The summed E-state index contributed by atoms with van der Waals surface area (Å²) in [5, 5.41) is 10.8.